The molecule has 0 saturated heterocycles. The van der Waals surface area contributed by atoms with Crippen molar-refractivity contribution in [1.82, 2.24) is 9.55 Å². The molecule has 0 spiro atoms. The van der Waals surface area contributed by atoms with Gasteiger partial charge in [-0.1, -0.05) is 43.0 Å². The molecule has 0 bridgehead atoms. The lowest BCUT2D eigenvalue weighted by Crippen LogP contribution is -2.22. The van der Waals surface area contributed by atoms with Gasteiger partial charge in [0.1, 0.15) is 4.83 Å². The van der Waals surface area contributed by atoms with Crippen molar-refractivity contribution in [2.75, 3.05) is 5.75 Å². The number of hydrogen-bond donors (Lipinski definition) is 0. The maximum Gasteiger partial charge on any atom is 0.267 e. The summed E-state index contributed by atoms with van der Waals surface area (Å²) in [7, 11) is 0. The number of aryl methyl sites for hydroxylation is 1. The first-order valence-electron chi connectivity index (χ1n) is 8.55. The molecule has 0 amide bonds. The lowest BCUT2D eigenvalue weighted by molar-refractivity contribution is 0.509. The average Bonchev–Trinajstić information content (AvgIpc) is 2.98. The third-order valence-corrected chi connectivity index (χ3v) is 6.73. The van der Waals surface area contributed by atoms with Crippen molar-refractivity contribution in [3.63, 3.8) is 0 Å². The number of para-hydroxylation sites is 1. The van der Waals surface area contributed by atoms with Crippen LogP contribution in [0.2, 0.25) is 0 Å². The molecule has 2 aromatic heterocycles. The summed E-state index contributed by atoms with van der Waals surface area (Å²) in [6.45, 7) is 6.08. The second-order valence-corrected chi connectivity index (χ2v) is 8.57. The van der Waals surface area contributed by atoms with Gasteiger partial charge in [0.05, 0.1) is 11.1 Å². The lowest BCUT2D eigenvalue weighted by atomic mass is 9.89. The van der Waals surface area contributed by atoms with Gasteiger partial charge < -0.3 is 0 Å². The number of fused-ring (bicyclic) bond motifs is 3. The van der Waals surface area contributed by atoms with Crippen LogP contribution in [0, 0.1) is 5.92 Å². The highest BCUT2D eigenvalue weighted by molar-refractivity contribution is 7.99. The third kappa shape index (κ3) is 2.96. The van der Waals surface area contributed by atoms with E-state index in [1.54, 1.807) is 27.7 Å². The number of hydrogen-bond acceptors (Lipinski definition) is 4. The SMILES string of the molecule is C=CCSc1nc2sc3c(c2c(=O)n1-c1ccccc1)CCC(C)C3. The Kier molecular flexibility index (Phi) is 4.52. The number of aromatic nitrogens is 2. The second kappa shape index (κ2) is 6.81. The van der Waals surface area contributed by atoms with E-state index in [-0.39, 0.29) is 5.56 Å². The number of benzene rings is 1. The van der Waals surface area contributed by atoms with Gasteiger partial charge in [-0.05, 0) is 42.9 Å². The average molecular weight is 369 g/mol. The predicted molar refractivity (Wildman–Crippen MR) is 107 cm³/mol. The molecule has 0 radical (unpaired) electrons. The topological polar surface area (TPSA) is 34.9 Å². The molecular formula is C20H20N2OS2. The van der Waals surface area contributed by atoms with E-state index in [9.17, 15) is 4.79 Å². The lowest BCUT2D eigenvalue weighted by Gasteiger charge is -2.17. The van der Waals surface area contributed by atoms with Crippen molar-refractivity contribution in [1.29, 1.82) is 0 Å². The van der Waals surface area contributed by atoms with E-state index in [0.717, 1.165) is 46.1 Å². The number of thioether (sulfide) groups is 1. The first-order valence-corrected chi connectivity index (χ1v) is 10.4. The predicted octanol–water partition coefficient (Wildman–Crippen LogP) is 4.85. The standard InChI is InChI=1S/C20H20N2OS2/c1-3-11-24-20-21-18-17(15-10-9-13(2)12-16(15)25-18)19(23)22(20)14-7-5-4-6-8-14/h3-8,13H,1,9-12H2,2H3. The molecule has 25 heavy (non-hydrogen) atoms. The Labute approximate surface area is 155 Å². The van der Waals surface area contributed by atoms with Crippen LogP contribution < -0.4 is 5.56 Å². The Morgan fingerprint density at radius 2 is 2.20 bits per heavy atom. The molecule has 1 unspecified atom stereocenters. The van der Waals surface area contributed by atoms with E-state index in [4.69, 9.17) is 4.98 Å². The molecule has 0 aliphatic heterocycles. The van der Waals surface area contributed by atoms with Gasteiger partial charge in [-0.3, -0.25) is 9.36 Å². The van der Waals surface area contributed by atoms with Crippen LogP contribution in [0.5, 0.6) is 0 Å². The molecule has 2 heterocycles. The monoisotopic (exact) mass is 368 g/mol. The highest BCUT2D eigenvalue weighted by atomic mass is 32.2. The van der Waals surface area contributed by atoms with Crippen molar-refractivity contribution in [3.05, 3.63) is 63.8 Å². The maximum absolute atomic E-state index is 13.4. The summed E-state index contributed by atoms with van der Waals surface area (Å²) >= 11 is 3.26. The molecule has 3 aromatic rings. The molecule has 0 saturated carbocycles. The normalized spacial score (nSPS) is 16.8. The molecule has 128 valence electrons. The zero-order chi connectivity index (χ0) is 17.4. The van der Waals surface area contributed by atoms with E-state index in [2.05, 4.69) is 13.5 Å². The minimum atomic E-state index is 0.0646. The molecule has 3 nitrogen and oxygen atoms in total. The van der Waals surface area contributed by atoms with Crippen LogP contribution in [0.15, 0.2) is 52.9 Å². The van der Waals surface area contributed by atoms with Crippen LogP contribution in [-0.4, -0.2) is 15.3 Å². The van der Waals surface area contributed by atoms with Gasteiger partial charge in [0.15, 0.2) is 5.16 Å². The number of thiophene rings is 1. The highest BCUT2D eigenvalue weighted by Crippen LogP contribution is 2.36. The summed E-state index contributed by atoms with van der Waals surface area (Å²) in [5, 5.41) is 1.58. The van der Waals surface area contributed by atoms with Crippen molar-refractivity contribution in [2.45, 2.75) is 31.3 Å². The summed E-state index contributed by atoms with van der Waals surface area (Å²) in [4.78, 5) is 20.5. The molecule has 5 heteroatoms. The fourth-order valence-corrected chi connectivity index (χ4v) is 5.58. The van der Waals surface area contributed by atoms with Crippen molar-refractivity contribution >= 4 is 33.3 Å². The zero-order valence-electron chi connectivity index (χ0n) is 14.2. The zero-order valence-corrected chi connectivity index (χ0v) is 15.8. The van der Waals surface area contributed by atoms with Gasteiger partial charge in [-0.15, -0.1) is 17.9 Å². The molecule has 1 aliphatic rings. The second-order valence-electron chi connectivity index (χ2n) is 6.50. The van der Waals surface area contributed by atoms with Gasteiger partial charge >= 0.3 is 0 Å². The Bertz CT molecular complexity index is 988. The molecule has 1 aromatic carbocycles. The third-order valence-electron chi connectivity index (χ3n) is 4.64. The largest absolute Gasteiger partial charge is 0.268 e. The van der Waals surface area contributed by atoms with E-state index in [0.29, 0.717) is 5.92 Å². The van der Waals surface area contributed by atoms with Crippen LogP contribution >= 0.6 is 23.1 Å². The van der Waals surface area contributed by atoms with Gasteiger partial charge in [-0.25, -0.2) is 4.98 Å². The Balaban J connectivity index is 1.99. The first kappa shape index (κ1) is 16.6. The molecule has 0 fully saturated rings. The summed E-state index contributed by atoms with van der Waals surface area (Å²) in [6, 6.07) is 9.81. The summed E-state index contributed by atoms with van der Waals surface area (Å²) < 4.78 is 1.77. The molecular weight excluding hydrogens is 348 g/mol. The van der Waals surface area contributed by atoms with Crippen molar-refractivity contribution in [3.8, 4) is 5.69 Å². The Hall–Kier alpha value is -1.85. The van der Waals surface area contributed by atoms with Crippen LogP contribution in [0.1, 0.15) is 23.8 Å². The van der Waals surface area contributed by atoms with Gasteiger partial charge in [0, 0.05) is 10.6 Å². The summed E-state index contributed by atoms with van der Waals surface area (Å²) in [6.07, 6.45) is 5.05. The molecule has 0 N–H and O–H groups in total. The van der Waals surface area contributed by atoms with E-state index in [1.807, 2.05) is 36.4 Å². The minimum Gasteiger partial charge on any atom is -0.268 e. The fraction of sp³-hybridized carbons (Fsp3) is 0.300. The summed E-state index contributed by atoms with van der Waals surface area (Å²) in [5.41, 5.74) is 2.17. The van der Waals surface area contributed by atoms with Gasteiger partial charge in [-0.2, -0.15) is 0 Å². The van der Waals surface area contributed by atoms with E-state index in [1.165, 1.54) is 10.4 Å². The fourth-order valence-electron chi connectivity index (χ4n) is 3.41. The van der Waals surface area contributed by atoms with Crippen LogP contribution in [0.3, 0.4) is 0 Å². The molecule has 1 atom stereocenters. The smallest absolute Gasteiger partial charge is 0.267 e. The van der Waals surface area contributed by atoms with Crippen molar-refractivity contribution in [2.24, 2.45) is 5.92 Å². The Morgan fingerprint density at radius 3 is 2.96 bits per heavy atom. The quantitative estimate of drug-likeness (QED) is 0.375. The highest BCUT2D eigenvalue weighted by Gasteiger charge is 2.25. The van der Waals surface area contributed by atoms with E-state index >= 15 is 0 Å². The number of rotatable bonds is 4. The Morgan fingerprint density at radius 1 is 1.40 bits per heavy atom. The van der Waals surface area contributed by atoms with Gasteiger partial charge in [0.25, 0.3) is 5.56 Å². The maximum atomic E-state index is 13.4. The number of nitrogens with zero attached hydrogens (tertiary/aromatic N) is 2. The molecule has 1 aliphatic carbocycles. The summed E-state index contributed by atoms with van der Waals surface area (Å²) in [5.74, 6) is 1.42. The molecule has 4 rings (SSSR count). The van der Waals surface area contributed by atoms with Crippen LogP contribution in [-0.2, 0) is 12.8 Å². The van der Waals surface area contributed by atoms with Crippen molar-refractivity contribution < 1.29 is 0 Å². The van der Waals surface area contributed by atoms with Gasteiger partial charge in [0.2, 0.25) is 0 Å². The first-order chi connectivity index (χ1) is 12.2. The van der Waals surface area contributed by atoms with Crippen LogP contribution in [0.25, 0.3) is 15.9 Å². The van der Waals surface area contributed by atoms with Crippen LogP contribution in [0.4, 0.5) is 0 Å². The minimum absolute atomic E-state index is 0.0646. The van der Waals surface area contributed by atoms with E-state index < -0.39 is 0 Å².